The van der Waals surface area contributed by atoms with E-state index in [1.54, 1.807) is 14.2 Å². The van der Waals surface area contributed by atoms with Gasteiger partial charge >= 0.3 is 5.97 Å². The number of carboxylic acid groups (broad SMARTS) is 1. The van der Waals surface area contributed by atoms with E-state index in [2.05, 4.69) is 0 Å². The van der Waals surface area contributed by atoms with Gasteiger partial charge in [-0.15, -0.1) is 0 Å². The Kier molecular flexibility index (Phi) is 8.15. The molecule has 0 heterocycles. The van der Waals surface area contributed by atoms with Crippen LogP contribution in [0.15, 0.2) is 0 Å². The molecule has 16 heavy (non-hydrogen) atoms. The van der Waals surface area contributed by atoms with Crippen molar-refractivity contribution in [2.24, 2.45) is 5.92 Å². The fourth-order valence-electron chi connectivity index (χ4n) is 1.67. The quantitative estimate of drug-likeness (QED) is 0.635. The third-order valence-corrected chi connectivity index (χ3v) is 2.44. The highest BCUT2D eigenvalue weighted by atomic mass is 16.5. The van der Waals surface area contributed by atoms with Crippen LogP contribution in [0.3, 0.4) is 0 Å². The Labute approximate surface area is 97.3 Å². The van der Waals surface area contributed by atoms with Gasteiger partial charge in [0.2, 0.25) is 0 Å². The highest BCUT2D eigenvalue weighted by molar-refractivity contribution is 5.73. The summed E-state index contributed by atoms with van der Waals surface area (Å²) >= 11 is 0. The summed E-state index contributed by atoms with van der Waals surface area (Å²) in [7, 11) is 3.22. The molecule has 5 heteroatoms. The Bertz CT molecular complexity index is 188. The van der Waals surface area contributed by atoms with Gasteiger partial charge in [-0.3, -0.25) is 9.69 Å². The molecular weight excluding hydrogens is 210 g/mol. The minimum absolute atomic E-state index is 0.0613. The lowest BCUT2D eigenvalue weighted by Crippen LogP contribution is -2.47. The van der Waals surface area contributed by atoms with Crippen LogP contribution >= 0.6 is 0 Å². The summed E-state index contributed by atoms with van der Waals surface area (Å²) in [5.41, 5.74) is 0. The summed E-state index contributed by atoms with van der Waals surface area (Å²) in [5.74, 6) is -0.728. The maximum absolute atomic E-state index is 11.2. The maximum Gasteiger partial charge on any atom is 0.321 e. The zero-order valence-corrected chi connectivity index (χ0v) is 10.6. The minimum atomic E-state index is -0.790. The third kappa shape index (κ3) is 5.44. The van der Waals surface area contributed by atoms with Gasteiger partial charge in [0, 0.05) is 27.3 Å². The van der Waals surface area contributed by atoms with Crippen LogP contribution in [-0.4, -0.2) is 62.5 Å². The van der Waals surface area contributed by atoms with E-state index in [9.17, 15) is 9.90 Å². The van der Waals surface area contributed by atoms with Crippen LogP contribution < -0.4 is 0 Å². The van der Waals surface area contributed by atoms with Gasteiger partial charge in [0.25, 0.3) is 0 Å². The first-order chi connectivity index (χ1) is 7.54. The monoisotopic (exact) mass is 233 g/mol. The first-order valence-electron chi connectivity index (χ1n) is 5.49. The largest absolute Gasteiger partial charge is 0.480 e. The van der Waals surface area contributed by atoms with Gasteiger partial charge in [-0.1, -0.05) is 13.8 Å². The number of carbonyl (C=O) groups is 1. The van der Waals surface area contributed by atoms with Crippen LogP contribution in [0.1, 0.15) is 13.8 Å². The fraction of sp³-hybridized carbons (Fsp3) is 0.909. The third-order valence-electron chi connectivity index (χ3n) is 2.44. The number of methoxy groups -OCH3 is 2. The number of carboxylic acids is 1. The van der Waals surface area contributed by atoms with Crippen molar-refractivity contribution >= 4 is 5.97 Å². The average molecular weight is 233 g/mol. The van der Waals surface area contributed by atoms with E-state index < -0.39 is 12.0 Å². The Hall–Kier alpha value is -0.650. The normalized spacial score (nSPS) is 13.4. The van der Waals surface area contributed by atoms with Crippen molar-refractivity contribution in [2.45, 2.75) is 19.9 Å². The number of hydrogen-bond acceptors (Lipinski definition) is 4. The standard InChI is InChI=1S/C11H23NO4/c1-9(2)10(11(13)14)12(5-7-15-3)6-8-16-4/h9-10H,5-8H2,1-4H3,(H,13,14). The number of aliphatic carboxylic acids is 1. The van der Waals surface area contributed by atoms with Crippen molar-refractivity contribution in [1.82, 2.24) is 4.90 Å². The summed E-state index contributed by atoms with van der Waals surface area (Å²) < 4.78 is 9.97. The molecule has 0 aliphatic carbocycles. The second-order valence-corrected chi connectivity index (χ2v) is 4.05. The molecule has 96 valence electrons. The topological polar surface area (TPSA) is 59.0 Å². The van der Waals surface area contributed by atoms with Gasteiger partial charge in [0.1, 0.15) is 6.04 Å². The van der Waals surface area contributed by atoms with Gasteiger partial charge in [-0.25, -0.2) is 0 Å². The van der Waals surface area contributed by atoms with E-state index in [1.807, 2.05) is 18.7 Å². The Morgan fingerprint density at radius 1 is 1.19 bits per heavy atom. The summed E-state index contributed by atoms with van der Waals surface area (Å²) in [4.78, 5) is 13.1. The molecule has 0 amide bonds. The van der Waals surface area contributed by atoms with Crippen molar-refractivity contribution in [3.05, 3.63) is 0 Å². The van der Waals surface area contributed by atoms with Crippen LogP contribution in [0.5, 0.6) is 0 Å². The molecule has 1 unspecified atom stereocenters. The molecule has 0 aromatic carbocycles. The van der Waals surface area contributed by atoms with E-state index in [4.69, 9.17) is 9.47 Å². The predicted molar refractivity (Wildman–Crippen MR) is 61.6 cm³/mol. The molecule has 0 aliphatic heterocycles. The van der Waals surface area contributed by atoms with E-state index in [-0.39, 0.29) is 5.92 Å². The molecule has 0 saturated carbocycles. The summed E-state index contributed by atoms with van der Waals surface area (Å²) in [6.45, 7) is 6.08. The molecule has 0 saturated heterocycles. The minimum Gasteiger partial charge on any atom is -0.480 e. The molecule has 0 aromatic heterocycles. The molecule has 0 fully saturated rings. The Morgan fingerprint density at radius 3 is 1.88 bits per heavy atom. The molecule has 0 aromatic rings. The van der Waals surface area contributed by atoms with E-state index in [1.165, 1.54) is 0 Å². The van der Waals surface area contributed by atoms with E-state index in [0.717, 1.165) is 0 Å². The second-order valence-electron chi connectivity index (χ2n) is 4.05. The van der Waals surface area contributed by atoms with Crippen LogP contribution in [0.4, 0.5) is 0 Å². The number of hydrogen-bond donors (Lipinski definition) is 1. The molecule has 0 spiro atoms. The SMILES string of the molecule is COCCN(CCOC)C(C(=O)O)C(C)C. The predicted octanol–water partition coefficient (Wildman–Crippen LogP) is 0.690. The van der Waals surface area contributed by atoms with Crippen molar-refractivity contribution in [1.29, 1.82) is 0 Å². The zero-order chi connectivity index (χ0) is 12.6. The first-order valence-corrected chi connectivity index (χ1v) is 5.49. The van der Waals surface area contributed by atoms with Gasteiger partial charge in [-0.05, 0) is 5.92 Å². The van der Waals surface area contributed by atoms with Gasteiger partial charge in [0.15, 0.2) is 0 Å². The number of nitrogens with zero attached hydrogens (tertiary/aromatic N) is 1. The van der Waals surface area contributed by atoms with Gasteiger partial charge in [-0.2, -0.15) is 0 Å². The zero-order valence-electron chi connectivity index (χ0n) is 10.6. The lowest BCUT2D eigenvalue weighted by atomic mass is 10.0. The van der Waals surface area contributed by atoms with Crippen LogP contribution in [0.2, 0.25) is 0 Å². The lowest BCUT2D eigenvalue weighted by Gasteiger charge is -2.30. The second kappa shape index (κ2) is 8.50. The fourth-order valence-corrected chi connectivity index (χ4v) is 1.67. The molecular formula is C11H23NO4. The highest BCUT2D eigenvalue weighted by Gasteiger charge is 2.27. The first kappa shape index (κ1) is 15.3. The summed E-state index contributed by atoms with van der Waals surface area (Å²) in [6.07, 6.45) is 0. The van der Waals surface area contributed by atoms with Crippen molar-refractivity contribution in [3.8, 4) is 0 Å². The van der Waals surface area contributed by atoms with Crippen LogP contribution in [0, 0.1) is 5.92 Å². The molecule has 0 bridgehead atoms. The smallest absolute Gasteiger partial charge is 0.321 e. The van der Waals surface area contributed by atoms with Crippen molar-refractivity contribution < 1.29 is 19.4 Å². The van der Waals surface area contributed by atoms with Crippen molar-refractivity contribution in [2.75, 3.05) is 40.5 Å². The number of rotatable bonds is 9. The highest BCUT2D eigenvalue weighted by Crippen LogP contribution is 2.11. The lowest BCUT2D eigenvalue weighted by molar-refractivity contribution is -0.145. The average Bonchev–Trinajstić information content (AvgIpc) is 2.20. The molecule has 0 rings (SSSR count). The van der Waals surface area contributed by atoms with Gasteiger partial charge in [0.05, 0.1) is 13.2 Å². The molecule has 0 aliphatic rings. The van der Waals surface area contributed by atoms with Crippen LogP contribution in [-0.2, 0) is 14.3 Å². The molecule has 5 nitrogen and oxygen atoms in total. The summed E-state index contributed by atoms with van der Waals surface area (Å²) in [6, 6.07) is -0.481. The van der Waals surface area contributed by atoms with Crippen molar-refractivity contribution in [3.63, 3.8) is 0 Å². The molecule has 0 radical (unpaired) electrons. The maximum atomic E-state index is 11.2. The Balaban J connectivity index is 4.46. The van der Waals surface area contributed by atoms with E-state index in [0.29, 0.717) is 26.3 Å². The van der Waals surface area contributed by atoms with Gasteiger partial charge < -0.3 is 14.6 Å². The van der Waals surface area contributed by atoms with E-state index >= 15 is 0 Å². The van der Waals surface area contributed by atoms with Crippen LogP contribution in [0.25, 0.3) is 0 Å². The Morgan fingerprint density at radius 2 is 1.62 bits per heavy atom. The summed E-state index contributed by atoms with van der Waals surface area (Å²) in [5, 5.41) is 9.19. The molecule has 1 N–H and O–H groups in total. The number of ether oxygens (including phenoxy) is 2. The molecule has 1 atom stereocenters.